The second kappa shape index (κ2) is 15.3. The number of nitrogens with zero attached hydrogens (tertiary/aromatic N) is 2. The number of hydrogen-bond donors (Lipinski definition) is 0. The van der Waals surface area contributed by atoms with Crippen LogP contribution in [0.1, 0.15) is 11.1 Å². The molecule has 3 aromatic heterocycles. The van der Waals surface area contributed by atoms with Crippen LogP contribution in [0.3, 0.4) is 0 Å². The minimum Gasteiger partial charge on any atom is -0.305 e. The third-order valence-electron chi connectivity index (χ3n) is 8.02. The molecule has 235 valence electrons. The number of aryl methyl sites for hydroxylation is 2. The van der Waals surface area contributed by atoms with Gasteiger partial charge in [0.2, 0.25) is 0 Å². The van der Waals surface area contributed by atoms with Gasteiger partial charge in [0, 0.05) is 38.2 Å². The summed E-state index contributed by atoms with van der Waals surface area (Å²) < 4.78 is 1.26. The molecule has 1 radical (unpaired) electrons. The first-order chi connectivity index (χ1) is 23.1. The Bertz CT molecular complexity index is 2140. The van der Waals surface area contributed by atoms with Crippen LogP contribution in [0, 0.1) is 26.0 Å². The normalized spacial score (nSPS) is 10.5. The molecule has 0 unspecified atom stereocenters. The van der Waals surface area contributed by atoms with Crippen LogP contribution in [-0.2, 0) is 20.1 Å². The molecule has 0 bridgehead atoms. The molecule has 0 saturated heterocycles. The van der Waals surface area contributed by atoms with Crippen molar-refractivity contribution in [2.45, 2.75) is 13.8 Å². The van der Waals surface area contributed by atoms with Gasteiger partial charge in [0.05, 0.1) is 0 Å². The summed E-state index contributed by atoms with van der Waals surface area (Å²) in [4.78, 5) is 9.93. The number of aromatic nitrogens is 2. The molecule has 0 aliphatic carbocycles. The standard InChI is InChI=1S/C31H24N.C13H8NS.Ir/c1-22-9-13-24(14-10-22)28-19-29(25-15-11-23(2)12-16-25)21-30(20-28)26-6-5-7-27(18-26)31-8-3-4-17-32-31;1-2-7-12-10(5-1)9-13(15-12)11-6-3-4-8-14-11;/h3-6,8-21H,1-2H3;1-8H;/q2*-1;. The first-order valence-corrected chi connectivity index (χ1v) is 16.5. The molecule has 0 N–H and O–H groups in total. The van der Waals surface area contributed by atoms with Crippen molar-refractivity contribution in [2.75, 3.05) is 0 Å². The maximum atomic E-state index is 4.50. The van der Waals surface area contributed by atoms with Gasteiger partial charge < -0.3 is 9.97 Å². The first-order valence-electron chi connectivity index (χ1n) is 15.6. The molecule has 0 fully saturated rings. The number of thiophene rings is 1. The van der Waals surface area contributed by atoms with Crippen LogP contribution < -0.4 is 0 Å². The Balaban J connectivity index is 0.000000209. The van der Waals surface area contributed by atoms with Gasteiger partial charge in [-0.1, -0.05) is 96.1 Å². The molecule has 0 amide bonds. The summed E-state index contributed by atoms with van der Waals surface area (Å²) in [6.07, 6.45) is 3.64. The SMILES string of the molecule is Cc1ccc(-c2cc(-c3ccc(C)cc3)cc(-c3cc[c-]c(-c4ccccn4)c3)c2)cc1.[Ir].[c-]1c(-c2ccccn2)sc2ccccc12. The van der Waals surface area contributed by atoms with E-state index in [0.29, 0.717) is 0 Å². The van der Waals surface area contributed by atoms with Crippen molar-refractivity contribution < 1.29 is 20.1 Å². The van der Waals surface area contributed by atoms with E-state index in [2.05, 4.69) is 133 Å². The quantitative estimate of drug-likeness (QED) is 0.162. The second-order valence-corrected chi connectivity index (χ2v) is 12.6. The smallest absolute Gasteiger partial charge is 0.0161 e. The summed E-state index contributed by atoms with van der Waals surface area (Å²) >= 11 is 1.73. The van der Waals surface area contributed by atoms with E-state index in [0.717, 1.165) is 27.4 Å². The number of benzene rings is 5. The maximum Gasteiger partial charge on any atom is 0.0161 e. The van der Waals surface area contributed by atoms with E-state index in [-0.39, 0.29) is 20.1 Å². The molecule has 0 saturated carbocycles. The predicted octanol–water partition coefficient (Wildman–Crippen LogP) is 11.9. The third-order valence-corrected chi connectivity index (χ3v) is 9.11. The Morgan fingerprint density at radius 2 is 1.04 bits per heavy atom. The van der Waals surface area contributed by atoms with Crippen molar-refractivity contribution in [3.8, 4) is 55.2 Å². The van der Waals surface area contributed by atoms with Crippen LogP contribution >= 0.6 is 11.3 Å². The van der Waals surface area contributed by atoms with Crippen LogP contribution in [0.2, 0.25) is 0 Å². The Hall–Kier alpha value is -4.99. The van der Waals surface area contributed by atoms with Crippen LogP contribution in [0.25, 0.3) is 65.3 Å². The molecule has 2 nitrogen and oxygen atoms in total. The Labute approximate surface area is 300 Å². The van der Waals surface area contributed by atoms with Gasteiger partial charge in [0.25, 0.3) is 0 Å². The molecule has 0 spiro atoms. The molecule has 0 atom stereocenters. The zero-order chi connectivity index (χ0) is 32.0. The van der Waals surface area contributed by atoms with Crippen molar-refractivity contribution in [1.29, 1.82) is 0 Å². The number of hydrogen-bond acceptors (Lipinski definition) is 3. The molecule has 0 aliphatic rings. The first kappa shape index (κ1) is 32.9. The minimum absolute atomic E-state index is 0. The van der Waals surface area contributed by atoms with Crippen LogP contribution in [-0.4, -0.2) is 9.97 Å². The summed E-state index contributed by atoms with van der Waals surface area (Å²) in [5.41, 5.74) is 12.7. The van der Waals surface area contributed by atoms with E-state index in [9.17, 15) is 0 Å². The van der Waals surface area contributed by atoms with Crippen molar-refractivity contribution >= 4 is 21.4 Å². The fourth-order valence-electron chi connectivity index (χ4n) is 5.47. The van der Waals surface area contributed by atoms with E-state index in [1.54, 1.807) is 11.3 Å². The van der Waals surface area contributed by atoms with Gasteiger partial charge in [-0.05, 0) is 87.3 Å². The molecule has 8 aromatic rings. The summed E-state index contributed by atoms with van der Waals surface area (Å²) in [5, 5.41) is 1.17. The molecule has 5 aromatic carbocycles. The van der Waals surface area contributed by atoms with Crippen LogP contribution in [0.4, 0.5) is 0 Å². The molecule has 3 heterocycles. The average Bonchev–Trinajstić information content (AvgIpc) is 3.58. The largest absolute Gasteiger partial charge is 0.305 e. The predicted molar refractivity (Wildman–Crippen MR) is 198 cm³/mol. The van der Waals surface area contributed by atoms with Gasteiger partial charge in [0.15, 0.2) is 0 Å². The summed E-state index contributed by atoms with van der Waals surface area (Å²) in [7, 11) is 0. The molecular weight excluding hydrogens is 781 g/mol. The van der Waals surface area contributed by atoms with Crippen molar-refractivity contribution in [1.82, 2.24) is 9.97 Å². The Kier molecular flexibility index (Phi) is 10.5. The Morgan fingerprint density at radius 3 is 1.60 bits per heavy atom. The topological polar surface area (TPSA) is 25.8 Å². The summed E-state index contributed by atoms with van der Waals surface area (Å²) in [6.45, 7) is 4.25. The minimum atomic E-state index is 0. The van der Waals surface area contributed by atoms with Gasteiger partial charge in [0.1, 0.15) is 0 Å². The fourth-order valence-corrected chi connectivity index (χ4v) is 6.45. The van der Waals surface area contributed by atoms with E-state index in [1.165, 1.54) is 49.0 Å². The van der Waals surface area contributed by atoms with Crippen LogP contribution in [0.15, 0.2) is 158 Å². The van der Waals surface area contributed by atoms with Gasteiger partial charge in [-0.3, -0.25) is 0 Å². The van der Waals surface area contributed by atoms with Gasteiger partial charge in [-0.15, -0.1) is 59.0 Å². The monoisotopic (exact) mass is 813 g/mol. The van der Waals surface area contributed by atoms with E-state index < -0.39 is 0 Å². The van der Waals surface area contributed by atoms with Crippen molar-refractivity contribution in [3.63, 3.8) is 0 Å². The van der Waals surface area contributed by atoms with E-state index in [1.807, 2.05) is 60.9 Å². The number of rotatable bonds is 5. The van der Waals surface area contributed by atoms with E-state index >= 15 is 0 Å². The summed E-state index contributed by atoms with van der Waals surface area (Å²) in [5.74, 6) is 0. The van der Waals surface area contributed by atoms with Crippen molar-refractivity contribution in [3.05, 3.63) is 181 Å². The molecule has 8 rings (SSSR count). The molecular formula is C44H32IrN2S-2. The van der Waals surface area contributed by atoms with Gasteiger partial charge >= 0.3 is 0 Å². The van der Waals surface area contributed by atoms with E-state index in [4.69, 9.17) is 0 Å². The maximum absolute atomic E-state index is 4.50. The molecule has 0 aliphatic heterocycles. The molecule has 4 heteroatoms. The van der Waals surface area contributed by atoms with Crippen LogP contribution in [0.5, 0.6) is 0 Å². The van der Waals surface area contributed by atoms with Gasteiger partial charge in [-0.25, -0.2) is 11.3 Å². The second-order valence-electron chi connectivity index (χ2n) is 11.5. The third kappa shape index (κ3) is 7.75. The van der Waals surface area contributed by atoms with Gasteiger partial charge in [-0.2, -0.15) is 0 Å². The number of pyridine rings is 2. The summed E-state index contributed by atoms with van der Waals surface area (Å²) in [6, 6.07) is 57.5. The zero-order valence-electron chi connectivity index (χ0n) is 26.6. The fraction of sp³-hybridized carbons (Fsp3) is 0.0455. The molecule has 48 heavy (non-hydrogen) atoms. The zero-order valence-corrected chi connectivity index (χ0v) is 29.9. The average molecular weight is 813 g/mol. The van der Waals surface area contributed by atoms with Crippen molar-refractivity contribution in [2.24, 2.45) is 0 Å². The number of fused-ring (bicyclic) bond motifs is 1. The Morgan fingerprint density at radius 1 is 0.500 bits per heavy atom.